The van der Waals surface area contributed by atoms with Gasteiger partial charge in [0.15, 0.2) is 6.04 Å². The molecule has 0 bridgehead atoms. The summed E-state index contributed by atoms with van der Waals surface area (Å²) < 4.78 is 5.04. The van der Waals surface area contributed by atoms with Crippen LogP contribution in [-0.2, 0) is 19.1 Å². The van der Waals surface area contributed by atoms with Crippen LogP contribution in [0.4, 0.5) is 5.69 Å². The third-order valence-corrected chi connectivity index (χ3v) is 4.87. The Bertz CT molecular complexity index is 741. The summed E-state index contributed by atoms with van der Waals surface area (Å²) in [5.41, 5.74) is 0.870. The maximum Gasteiger partial charge on any atom is 0.328 e. The van der Waals surface area contributed by atoms with Crippen molar-refractivity contribution < 1.29 is 24.2 Å². The van der Waals surface area contributed by atoms with Crippen molar-refractivity contribution >= 4 is 29.2 Å². The van der Waals surface area contributed by atoms with E-state index in [0.717, 1.165) is 0 Å². The van der Waals surface area contributed by atoms with Gasteiger partial charge in [-0.2, -0.15) is 5.10 Å². The molecule has 0 saturated carbocycles. The van der Waals surface area contributed by atoms with E-state index in [2.05, 4.69) is 5.10 Å². The van der Waals surface area contributed by atoms with Crippen LogP contribution in [0.1, 0.15) is 26.2 Å². The highest BCUT2D eigenvalue weighted by molar-refractivity contribution is 6.40. The lowest BCUT2D eigenvalue weighted by Gasteiger charge is -2.30. The summed E-state index contributed by atoms with van der Waals surface area (Å²) in [6.07, 6.45) is 1.14. The number of nitrogens with zero attached hydrogens (tertiary/aromatic N) is 3. The number of anilines is 1. The fourth-order valence-electron chi connectivity index (χ4n) is 3.41. The van der Waals surface area contributed by atoms with E-state index >= 15 is 0 Å². The molecule has 1 aromatic carbocycles. The Morgan fingerprint density at radius 3 is 2.44 bits per heavy atom. The SMILES string of the molecule is CCOC(=O)C1CCN(C(=O)C2=NN(c3ccccc3)C(C(=O)O)C2)CC1. The molecule has 1 N–H and O–H groups in total. The Morgan fingerprint density at radius 2 is 1.85 bits per heavy atom. The van der Waals surface area contributed by atoms with E-state index < -0.39 is 12.0 Å². The second-order valence-corrected chi connectivity index (χ2v) is 6.60. The average molecular weight is 373 g/mol. The maximum absolute atomic E-state index is 12.8. The van der Waals surface area contributed by atoms with Crippen LogP contribution in [0.5, 0.6) is 0 Å². The zero-order valence-electron chi connectivity index (χ0n) is 15.2. The van der Waals surface area contributed by atoms with Gasteiger partial charge in [0.25, 0.3) is 5.91 Å². The molecule has 0 aliphatic carbocycles. The molecule has 0 radical (unpaired) electrons. The first-order valence-corrected chi connectivity index (χ1v) is 9.11. The van der Waals surface area contributed by atoms with Gasteiger partial charge in [0.2, 0.25) is 0 Å². The molecule has 1 fully saturated rings. The van der Waals surface area contributed by atoms with E-state index in [1.807, 2.05) is 6.07 Å². The number of benzene rings is 1. The second kappa shape index (κ2) is 8.20. The minimum absolute atomic E-state index is 0.0564. The van der Waals surface area contributed by atoms with Crippen molar-refractivity contribution in [3.63, 3.8) is 0 Å². The summed E-state index contributed by atoms with van der Waals surface area (Å²) in [6.45, 7) is 2.99. The molecule has 1 unspecified atom stereocenters. The van der Waals surface area contributed by atoms with Crippen LogP contribution in [0.25, 0.3) is 0 Å². The second-order valence-electron chi connectivity index (χ2n) is 6.60. The highest BCUT2D eigenvalue weighted by Crippen LogP contribution is 2.26. The number of amides is 1. The van der Waals surface area contributed by atoms with Crippen molar-refractivity contribution in [3.05, 3.63) is 30.3 Å². The van der Waals surface area contributed by atoms with Crippen molar-refractivity contribution in [2.75, 3.05) is 24.7 Å². The number of likely N-dealkylation sites (tertiary alicyclic amines) is 1. The molecular formula is C19H23N3O5. The number of carboxylic acid groups (broad SMARTS) is 1. The van der Waals surface area contributed by atoms with Crippen LogP contribution in [0.2, 0.25) is 0 Å². The first-order valence-electron chi connectivity index (χ1n) is 9.11. The van der Waals surface area contributed by atoms with Gasteiger partial charge in [-0.3, -0.25) is 14.6 Å². The van der Waals surface area contributed by atoms with Gasteiger partial charge in [0.1, 0.15) is 5.71 Å². The normalized spacial score (nSPS) is 20.3. The van der Waals surface area contributed by atoms with E-state index in [4.69, 9.17) is 4.74 Å². The van der Waals surface area contributed by atoms with Gasteiger partial charge in [-0.05, 0) is 31.9 Å². The highest BCUT2D eigenvalue weighted by Gasteiger charge is 2.38. The Morgan fingerprint density at radius 1 is 1.19 bits per heavy atom. The molecule has 2 aliphatic rings. The largest absolute Gasteiger partial charge is 0.480 e. The molecule has 1 amide bonds. The lowest BCUT2D eigenvalue weighted by Crippen LogP contribution is -2.43. The number of rotatable bonds is 5. The Balaban J connectivity index is 1.68. The summed E-state index contributed by atoms with van der Waals surface area (Å²) in [5.74, 6) is -1.69. The molecule has 144 valence electrons. The summed E-state index contributed by atoms with van der Waals surface area (Å²) in [5, 5.41) is 15.2. The molecule has 2 aliphatic heterocycles. The number of carboxylic acids is 1. The zero-order chi connectivity index (χ0) is 19.4. The topological polar surface area (TPSA) is 99.5 Å². The summed E-state index contributed by atoms with van der Waals surface area (Å²) in [6, 6.07) is 8.05. The van der Waals surface area contributed by atoms with Crippen molar-refractivity contribution in [3.8, 4) is 0 Å². The van der Waals surface area contributed by atoms with Crippen molar-refractivity contribution in [2.45, 2.75) is 32.2 Å². The van der Waals surface area contributed by atoms with Gasteiger partial charge in [-0.25, -0.2) is 4.79 Å². The Kier molecular flexibility index (Phi) is 5.73. The Hall–Kier alpha value is -2.90. The standard InChI is InChI=1S/C19H23N3O5/c1-2-27-19(26)13-8-10-21(11-9-13)17(23)15-12-16(18(24)25)22(20-15)14-6-4-3-5-7-14/h3-7,13,16H,2,8-12H2,1H3,(H,24,25). The number of aliphatic carboxylic acids is 1. The lowest BCUT2D eigenvalue weighted by molar-refractivity contribution is -0.150. The van der Waals surface area contributed by atoms with E-state index in [0.29, 0.717) is 38.2 Å². The van der Waals surface area contributed by atoms with Crippen molar-refractivity contribution in [1.82, 2.24) is 4.90 Å². The molecule has 3 rings (SSSR count). The quantitative estimate of drug-likeness (QED) is 0.786. The fraction of sp³-hybridized carbons (Fsp3) is 0.474. The highest BCUT2D eigenvalue weighted by atomic mass is 16.5. The molecule has 0 aromatic heterocycles. The molecule has 1 saturated heterocycles. The smallest absolute Gasteiger partial charge is 0.328 e. The molecule has 8 nitrogen and oxygen atoms in total. The van der Waals surface area contributed by atoms with Gasteiger partial charge in [0, 0.05) is 19.5 Å². The minimum atomic E-state index is -1.02. The number of hydrogen-bond acceptors (Lipinski definition) is 6. The molecule has 0 spiro atoms. The number of ether oxygens (including phenoxy) is 1. The van der Waals surface area contributed by atoms with E-state index in [1.165, 1.54) is 5.01 Å². The average Bonchev–Trinajstić information content (AvgIpc) is 3.14. The van der Waals surface area contributed by atoms with Crippen molar-refractivity contribution in [1.29, 1.82) is 0 Å². The molecule has 8 heteroatoms. The first-order chi connectivity index (χ1) is 13.0. The van der Waals surface area contributed by atoms with Crippen LogP contribution < -0.4 is 5.01 Å². The van der Waals surface area contributed by atoms with Gasteiger partial charge in [-0.15, -0.1) is 0 Å². The number of hydrogen-bond donors (Lipinski definition) is 1. The lowest BCUT2D eigenvalue weighted by atomic mass is 9.96. The monoisotopic (exact) mass is 373 g/mol. The molecule has 1 aromatic rings. The number of para-hydroxylation sites is 1. The maximum atomic E-state index is 12.8. The number of carbonyl (C=O) groups is 3. The van der Waals surface area contributed by atoms with E-state index in [-0.39, 0.29) is 29.9 Å². The van der Waals surface area contributed by atoms with Crippen LogP contribution >= 0.6 is 0 Å². The zero-order valence-corrected chi connectivity index (χ0v) is 15.2. The Labute approximate surface area is 157 Å². The first kappa shape index (κ1) is 18.9. The fourth-order valence-corrected chi connectivity index (χ4v) is 3.41. The number of carbonyl (C=O) groups excluding carboxylic acids is 2. The number of piperidine rings is 1. The van der Waals surface area contributed by atoms with Gasteiger partial charge in [-0.1, -0.05) is 18.2 Å². The number of hydrazone groups is 1. The number of esters is 1. The van der Waals surface area contributed by atoms with Crippen LogP contribution in [-0.4, -0.2) is 59.3 Å². The van der Waals surface area contributed by atoms with Gasteiger partial charge < -0.3 is 14.7 Å². The van der Waals surface area contributed by atoms with Crippen LogP contribution in [0.15, 0.2) is 35.4 Å². The van der Waals surface area contributed by atoms with Gasteiger partial charge in [0.05, 0.1) is 18.2 Å². The van der Waals surface area contributed by atoms with Crippen molar-refractivity contribution in [2.24, 2.45) is 11.0 Å². The molecule has 2 heterocycles. The van der Waals surface area contributed by atoms with Crippen LogP contribution in [0.3, 0.4) is 0 Å². The minimum Gasteiger partial charge on any atom is -0.480 e. The predicted octanol–water partition coefficient (Wildman–Crippen LogP) is 1.51. The third-order valence-electron chi connectivity index (χ3n) is 4.87. The summed E-state index contributed by atoms with van der Waals surface area (Å²) >= 11 is 0. The van der Waals surface area contributed by atoms with E-state index in [1.54, 1.807) is 36.1 Å². The van der Waals surface area contributed by atoms with Crippen LogP contribution in [0, 0.1) is 5.92 Å². The molecule has 1 atom stereocenters. The molecule has 27 heavy (non-hydrogen) atoms. The van der Waals surface area contributed by atoms with Gasteiger partial charge >= 0.3 is 11.9 Å². The summed E-state index contributed by atoms with van der Waals surface area (Å²) in [4.78, 5) is 37.9. The predicted molar refractivity (Wildman–Crippen MR) is 98.3 cm³/mol. The summed E-state index contributed by atoms with van der Waals surface area (Å²) in [7, 11) is 0. The molecular weight excluding hydrogens is 350 g/mol. The third kappa shape index (κ3) is 4.10. The van der Waals surface area contributed by atoms with E-state index in [9.17, 15) is 19.5 Å².